The Hall–Kier alpha value is -3.29. The van der Waals surface area contributed by atoms with E-state index in [1.54, 1.807) is 12.7 Å². The maximum Gasteiger partial charge on any atom is 0.331 e. The van der Waals surface area contributed by atoms with Crippen LogP contribution in [0.5, 0.6) is 5.75 Å². The maximum atomic E-state index is 14.6. The lowest BCUT2D eigenvalue weighted by Crippen LogP contribution is -2.65. The van der Waals surface area contributed by atoms with Crippen molar-refractivity contribution in [3.05, 3.63) is 48.1 Å². The largest absolute Gasteiger partial charge is 0.495 e. The second-order valence-electron chi connectivity index (χ2n) is 19.7. The van der Waals surface area contributed by atoms with Gasteiger partial charge in [0.05, 0.1) is 12.8 Å². The molecule has 0 spiro atoms. The minimum atomic E-state index is -1.14. The molecular formula is C45H64N2O6. The molecule has 9 atom stereocenters. The number of esters is 1. The van der Waals surface area contributed by atoms with E-state index in [9.17, 15) is 14.4 Å². The number of hydrogen-bond donors (Lipinski definition) is 1. The molecule has 1 aliphatic heterocycles. The first-order valence-corrected chi connectivity index (χ1v) is 20.4. The second-order valence-corrected chi connectivity index (χ2v) is 19.7. The fraction of sp³-hybridized carbons (Fsp3) is 0.711. The Morgan fingerprint density at radius 3 is 2.23 bits per heavy atom. The van der Waals surface area contributed by atoms with Gasteiger partial charge in [-0.25, -0.2) is 9.59 Å². The van der Waals surface area contributed by atoms with E-state index in [1.165, 1.54) is 12.8 Å². The average Bonchev–Trinajstić information content (AvgIpc) is 3.12. The normalized spacial score (nSPS) is 40.6. The van der Waals surface area contributed by atoms with Crippen LogP contribution in [0.1, 0.15) is 113 Å². The van der Waals surface area contributed by atoms with E-state index in [-0.39, 0.29) is 38.6 Å². The van der Waals surface area contributed by atoms with Gasteiger partial charge in [0.25, 0.3) is 0 Å². The zero-order valence-corrected chi connectivity index (χ0v) is 33.6. The molecule has 0 radical (unpaired) electrons. The number of para-hydroxylation sites is 2. The van der Waals surface area contributed by atoms with Crippen LogP contribution in [0, 0.1) is 50.2 Å². The lowest BCUT2D eigenvalue weighted by Gasteiger charge is -2.71. The van der Waals surface area contributed by atoms with Gasteiger partial charge in [0.1, 0.15) is 11.9 Å². The number of aliphatic carboxylic acids is 1. The summed E-state index contributed by atoms with van der Waals surface area (Å²) in [6.45, 7) is 20.2. The van der Waals surface area contributed by atoms with Crippen LogP contribution in [0.3, 0.4) is 0 Å². The van der Waals surface area contributed by atoms with Crippen LogP contribution >= 0.6 is 0 Å². The monoisotopic (exact) mass is 728 g/mol. The highest BCUT2D eigenvalue weighted by Crippen LogP contribution is 2.76. The van der Waals surface area contributed by atoms with Crippen molar-refractivity contribution >= 4 is 23.5 Å². The third-order valence-electron chi connectivity index (χ3n) is 16.9. The number of amides is 1. The molecule has 53 heavy (non-hydrogen) atoms. The number of ether oxygens (including phenoxy) is 2. The van der Waals surface area contributed by atoms with Gasteiger partial charge in [-0.05, 0) is 116 Å². The Balaban J connectivity index is 1.10. The van der Waals surface area contributed by atoms with Gasteiger partial charge in [-0.1, -0.05) is 72.2 Å². The van der Waals surface area contributed by atoms with E-state index in [0.29, 0.717) is 23.7 Å². The molecule has 1 aromatic rings. The van der Waals surface area contributed by atoms with Crippen LogP contribution in [-0.2, 0) is 19.1 Å². The number of benzene rings is 1. The number of anilines is 1. The molecule has 6 aliphatic rings. The summed E-state index contributed by atoms with van der Waals surface area (Å²) >= 11 is 0. The van der Waals surface area contributed by atoms with E-state index in [2.05, 4.69) is 76.5 Å². The predicted molar refractivity (Wildman–Crippen MR) is 207 cm³/mol. The van der Waals surface area contributed by atoms with Gasteiger partial charge in [0, 0.05) is 49.2 Å². The van der Waals surface area contributed by atoms with Crippen molar-refractivity contribution in [2.24, 2.45) is 50.2 Å². The highest BCUT2D eigenvalue weighted by molar-refractivity contribution is 5.90. The number of carboxylic acid groups (broad SMARTS) is 1. The lowest BCUT2D eigenvalue weighted by molar-refractivity contribution is -0.211. The number of fused-ring (bicyclic) bond motifs is 7. The molecule has 1 N–H and O–H groups in total. The zero-order chi connectivity index (χ0) is 38.2. The van der Waals surface area contributed by atoms with Crippen molar-refractivity contribution < 1.29 is 29.0 Å². The highest BCUT2D eigenvalue weighted by atomic mass is 16.5. The Morgan fingerprint density at radius 2 is 1.53 bits per heavy atom. The van der Waals surface area contributed by atoms with Crippen molar-refractivity contribution in [2.45, 2.75) is 119 Å². The molecule has 1 heterocycles. The summed E-state index contributed by atoms with van der Waals surface area (Å²) in [6.07, 6.45) is 14.9. The van der Waals surface area contributed by atoms with E-state index in [0.717, 1.165) is 101 Å². The number of rotatable bonds is 6. The van der Waals surface area contributed by atoms with Crippen LogP contribution < -0.4 is 9.64 Å². The van der Waals surface area contributed by atoms with Crippen molar-refractivity contribution in [1.29, 1.82) is 0 Å². The summed E-state index contributed by atoms with van der Waals surface area (Å²) in [4.78, 5) is 42.7. The molecule has 0 bridgehead atoms. The Bertz CT molecular complexity index is 1690. The number of carboxylic acids is 1. The molecule has 0 unspecified atom stereocenters. The van der Waals surface area contributed by atoms with Crippen molar-refractivity contribution in [3.63, 3.8) is 0 Å². The van der Waals surface area contributed by atoms with Gasteiger partial charge in [-0.3, -0.25) is 4.79 Å². The van der Waals surface area contributed by atoms with Gasteiger partial charge in [0.15, 0.2) is 0 Å². The molecular weight excluding hydrogens is 665 g/mol. The van der Waals surface area contributed by atoms with Crippen molar-refractivity contribution in [3.8, 4) is 5.75 Å². The molecule has 5 aliphatic carbocycles. The van der Waals surface area contributed by atoms with E-state index < -0.39 is 11.9 Å². The molecule has 1 aromatic carbocycles. The van der Waals surface area contributed by atoms with Crippen LogP contribution in [-0.4, -0.2) is 67.2 Å². The van der Waals surface area contributed by atoms with Crippen LogP contribution in [0.25, 0.3) is 0 Å². The summed E-state index contributed by atoms with van der Waals surface area (Å²) in [5.74, 6) is 0.848. The molecule has 8 heteroatoms. The molecule has 290 valence electrons. The molecule has 7 rings (SSSR count). The molecule has 5 fully saturated rings. The summed E-state index contributed by atoms with van der Waals surface area (Å²) in [5.41, 5.74) is 2.71. The van der Waals surface area contributed by atoms with E-state index in [4.69, 9.17) is 14.6 Å². The van der Waals surface area contributed by atoms with Crippen LogP contribution in [0.15, 0.2) is 48.1 Å². The second kappa shape index (κ2) is 13.2. The quantitative estimate of drug-likeness (QED) is 0.178. The first kappa shape index (κ1) is 38.0. The number of allylic oxidation sites excluding steroid dienone is 2. The van der Waals surface area contributed by atoms with Gasteiger partial charge in [0.2, 0.25) is 5.91 Å². The number of hydrogen-bond acceptors (Lipinski definition) is 6. The Morgan fingerprint density at radius 1 is 0.830 bits per heavy atom. The molecule has 8 nitrogen and oxygen atoms in total. The third kappa shape index (κ3) is 5.94. The van der Waals surface area contributed by atoms with Gasteiger partial charge in [-0.15, -0.1) is 0 Å². The average molecular weight is 729 g/mol. The SMILES string of the molecule is COc1ccccc1N1CCN(C(=O)[C@@]2(C)CC[C@]3(C)CC[C@]4(C)C(=CC[C@@H]5[C@@]6(C)CC[C@H](OC(=O)/C=C/C(=O)O)C(C)(C)[C@@H]6CC[C@]54C)[C@@H]3C2)CC1. The van der Waals surface area contributed by atoms with E-state index >= 15 is 0 Å². The van der Waals surface area contributed by atoms with Gasteiger partial charge < -0.3 is 24.4 Å². The fourth-order valence-corrected chi connectivity index (χ4v) is 13.5. The van der Waals surface area contributed by atoms with Crippen LogP contribution in [0.4, 0.5) is 5.69 Å². The first-order valence-electron chi connectivity index (χ1n) is 20.4. The standard InChI is InChI=1S/C45H64N2O6/c1-40(2)34-17-20-45(7)35(43(34,5)19-18-36(40)53-38(50)16-15-37(48)49)14-13-30-31-29-42(4,22-21-41(31,3)23-24-44(30,45)6)39(51)47-27-25-46(26-28-47)32-11-9-10-12-33(32)52-8/h9-13,15-16,31,34-36H,14,17-29H2,1-8H3,(H,48,49)/b16-15+/t31-,34-,35+,36-,41+,42-,43-,44+,45+/m0/s1. The summed E-state index contributed by atoms with van der Waals surface area (Å²) in [5, 5.41) is 9.01. The van der Waals surface area contributed by atoms with Crippen molar-refractivity contribution in [1.82, 2.24) is 4.90 Å². The number of carbonyl (C=O) groups excluding carboxylic acids is 2. The third-order valence-corrected chi connectivity index (χ3v) is 16.9. The van der Waals surface area contributed by atoms with Gasteiger partial charge in [-0.2, -0.15) is 0 Å². The maximum absolute atomic E-state index is 14.6. The topological polar surface area (TPSA) is 96.4 Å². The number of nitrogens with zero attached hydrogens (tertiary/aromatic N) is 2. The molecule has 1 amide bonds. The predicted octanol–water partition coefficient (Wildman–Crippen LogP) is 8.70. The molecule has 0 aromatic heterocycles. The lowest BCUT2D eigenvalue weighted by atomic mass is 9.33. The zero-order valence-electron chi connectivity index (χ0n) is 33.6. The molecule has 4 saturated carbocycles. The summed E-state index contributed by atoms with van der Waals surface area (Å²) in [7, 11) is 1.72. The first-order chi connectivity index (χ1) is 24.9. The van der Waals surface area contributed by atoms with E-state index in [1.807, 2.05) is 12.1 Å². The van der Waals surface area contributed by atoms with Crippen LogP contribution in [0.2, 0.25) is 0 Å². The molecule has 1 saturated heterocycles. The smallest absolute Gasteiger partial charge is 0.331 e. The summed E-state index contributed by atoms with van der Waals surface area (Å²) in [6, 6.07) is 8.18. The fourth-order valence-electron chi connectivity index (χ4n) is 13.5. The Kier molecular flexibility index (Phi) is 9.45. The Labute approximate surface area is 317 Å². The van der Waals surface area contributed by atoms with Crippen molar-refractivity contribution in [2.75, 3.05) is 38.2 Å². The number of piperazine rings is 1. The van der Waals surface area contributed by atoms with Gasteiger partial charge >= 0.3 is 11.9 Å². The highest BCUT2D eigenvalue weighted by Gasteiger charge is 2.68. The number of carbonyl (C=O) groups is 3. The number of methoxy groups -OCH3 is 1. The minimum absolute atomic E-state index is 0.0742. The minimum Gasteiger partial charge on any atom is -0.495 e. The summed E-state index contributed by atoms with van der Waals surface area (Å²) < 4.78 is 11.6.